The van der Waals surface area contributed by atoms with Gasteiger partial charge in [-0.15, -0.1) is 0 Å². The highest BCUT2D eigenvalue weighted by Crippen LogP contribution is 2.36. The van der Waals surface area contributed by atoms with Crippen LogP contribution in [-0.4, -0.2) is 28.5 Å². The maximum atomic E-state index is 13.6. The number of carbonyl (C=O) groups is 1. The highest BCUT2D eigenvalue weighted by molar-refractivity contribution is 5.92. The van der Waals surface area contributed by atoms with Gasteiger partial charge in [-0.3, -0.25) is 4.79 Å². The van der Waals surface area contributed by atoms with E-state index in [1.807, 2.05) is 12.1 Å². The Bertz CT molecular complexity index is 990. The summed E-state index contributed by atoms with van der Waals surface area (Å²) in [5.41, 5.74) is 3.24. The molecule has 1 aliphatic heterocycles. The van der Waals surface area contributed by atoms with Crippen molar-refractivity contribution in [3.8, 4) is 0 Å². The molecule has 0 aliphatic carbocycles. The lowest BCUT2D eigenvalue weighted by molar-refractivity contribution is 0.0948. The predicted molar refractivity (Wildman–Crippen MR) is 106 cm³/mol. The molecule has 28 heavy (non-hydrogen) atoms. The summed E-state index contributed by atoms with van der Waals surface area (Å²) in [4.78, 5) is 23.2. The van der Waals surface area contributed by atoms with Crippen LogP contribution < -0.4 is 10.2 Å². The molecule has 1 amide bonds. The first-order valence-electron chi connectivity index (χ1n) is 9.34. The number of fused-ring (bicyclic) bond motifs is 1. The van der Waals surface area contributed by atoms with Crippen LogP contribution in [0.3, 0.4) is 0 Å². The van der Waals surface area contributed by atoms with E-state index in [0.717, 1.165) is 17.9 Å². The van der Waals surface area contributed by atoms with Crippen molar-refractivity contribution in [2.45, 2.75) is 25.8 Å². The van der Waals surface area contributed by atoms with E-state index in [1.54, 1.807) is 24.4 Å². The van der Waals surface area contributed by atoms with Crippen LogP contribution in [0.4, 0.5) is 15.9 Å². The minimum Gasteiger partial charge on any atom is -0.350 e. The molecule has 0 bridgehead atoms. The fraction of sp³-hybridized carbons (Fsp3) is 0.227. The molecular formula is C22H21FN4O. The Morgan fingerprint density at radius 1 is 1.14 bits per heavy atom. The molecule has 0 saturated heterocycles. The van der Waals surface area contributed by atoms with Crippen molar-refractivity contribution in [3.63, 3.8) is 0 Å². The van der Waals surface area contributed by atoms with Gasteiger partial charge in [0.1, 0.15) is 11.5 Å². The van der Waals surface area contributed by atoms with E-state index in [0.29, 0.717) is 18.5 Å². The average Bonchev–Trinajstić information content (AvgIpc) is 3.05. The van der Waals surface area contributed by atoms with Crippen molar-refractivity contribution in [3.05, 3.63) is 83.6 Å². The molecule has 0 spiro atoms. The lowest BCUT2D eigenvalue weighted by Crippen LogP contribution is -2.28. The van der Waals surface area contributed by atoms with Crippen LogP contribution in [0, 0.1) is 5.82 Å². The van der Waals surface area contributed by atoms with Crippen molar-refractivity contribution < 1.29 is 9.18 Å². The normalized spacial score (nSPS) is 15.4. The molecule has 142 valence electrons. The number of halogens is 1. The summed E-state index contributed by atoms with van der Waals surface area (Å²) >= 11 is 0. The molecule has 0 saturated carbocycles. The highest BCUT2D eigenvalue weighted by Gasteiger charge is 2.27. The smallest absolute Gasteiger partial charge is 0.271 e. The van der Waals surface area contributed by atoms with E-state index >= 15 is 0 Å². The number of nitrogens with zero attached hydrogens (tertiary/aromatic N) is 3. The van der Waals surface area contributed by atoms with Crippen molar-refractivity contribution in [1.29, 1.82) is 0 Å². The summed E-state index contributed by atoms with van der Waals surface area (Å²) in [6, 6.07) is 15.1. The van der Waals surface area contributed by atoms with E-state index in [-0.39, 0.29) is 23.5 Å². The van der Waals surface area contributed by atoms with Gasteiger partial charge in [0.05, 0.1) is 12.4 Å². The molecule has 0 radical (unpaired) electrons. The number of para-hydroxylation sites is 1. The molecule has 0 fully saturated rings. The predicted octanol–water partition coefficient (Wildman–Crippen LogP) is 3.67. The van der Waals surface area contributed by atoms with Crippen molar-refractivity contribution in [2.75, 3.05) is 11.4 Å². The van der Waals surface area contributed by atoms with Crippen LogP contribution in [0.25, 0.3) is 0 Å². The maximum Gasteiger partial charge on any atom is 0.271 e. The van der Waals surface area contributed by atoms with E-state index in [1.165, 1.54) is 17.8 Å². The Morgan fingerprint density at radius 3 is 2.71 bits per heavy atom. The first kappa shape index (κ1) is 18.1. The quantitative estimate of drug-likeness (QED) is 0.738. The van der Waals surface area contributed by atoms with Crippen LogP contribution in [0.1, 0.15) is 28.5 Å². The first-order chi connectivity index (χ1) is 13.6. The number of aromatic nitrogens is 2. The minimum absolute atomic E-state index is 0.248. The van der Waals surface area contributed by atoms with Gasteiger partial charge in [0.25, 0.3) is 5.91 Å². The van der Waals surface area contributed by atoms with Crippen LogP contribution in [0.2, 0.25) is 0 Å². The van der Waals surface area contributed by atoms with E-state index < -0.39 is 0 Å². The second-order valence-corrected chi connectivity index (χ2v) is 6.91. The molecule has 1 aromatic heterocycles. The van der Waals surface area contributed by atoms with Crippen molar-refractivity contribution >= 4 is 17.4 Å². The molecule has 1 atom stereocenters. The Morgan fingerprint density at radius 2 is 1.93 bits per heavy atom. The van der Waals surface area contributed by atoms with Gasteiger partial charge in [-0.05, 0) is 43.0 Å². The first-order valence-corrected chi connectivity index (χ1v) is 9.34. The van der Waals surface area contributed by atoms with Gasteiger partial charge < -0.3 is 10.2 Å². The fourth-order valence-corrected chi connectivity index (χ4v) is 3.58. The number of nitrogens with one attached hydrogen (secondary N) is 1. The molecule has 1 unspecified atom stereocenters. The molecular weight excluding hydrogens is 355 g/mol. The molecule has 3 aromatic rings. The SMILES string of the molecule is CC1Cc2ccccc2N1c1cnc(C(=O)NCCc2ccccc2F)cn1. The van der Waals surface area contributed by atoms with Crippen molar-refractivity contribution in [1.82, 2.24) is 15.3 Å². The third-order valence-electron chi connectivity index (χ3n) is 4.96. The molecule has 2 heterocycles. The molecule has 1 aliphatic rings. The lowest BCUT2D eigenvalue weighted by atomic mass is 10.1. The van der Waals surface area contributed by atoms with Crippen LogP contribution >= 0.6 is 0 Å². The molecule has 1 N–H and O–H groups in total. The van der Waals surface area contributed by atoms with Crippen LogP contribution in [0.15, 0.2) is 60.9 Å². The van der Waals surface area contributed by atoms with E-state index in [4.69, 9.17) is 0 Å². The third-order valence-corrected chi connectivity index (χ3v) is 4.96. The van der Waals surface area contributed by atoms with Gasteiger partial charge in [-0.1, -0.05) is 36.4 Å². The van der Waals surface area contributed by atoms with Gasteiger partial charge >= 0.3 is 0 Å². The summed E-state index contributed by atoms with van der Waals surface area (Å²) in [7, 11) is 0. The molecule has 4 rings (SSSR count). The number of hydrogen-bond donors (Lipinski definition) is 1. The Balaban J connectivity index is 1.41. The molecule has 2 aromatic carbocycles. The summed E-state index contributed by atoms with van der Waals surface area (Å²) in [6.07, 6.45) is 4.49. The number of carbonyl (C=O) groups excluding carboxylic acids is 1. The summed E-state index contributed by atoms with van der Waals surface area (Å²) < 4.78 is 13.6. The van der Waals surface area contributed by atoms with E-state index in [2.05, 4.69) is 39.2 Å². The van der Waals surface area contributed by atoms with Crippen LogP contribution in [-0.2, 0) is 12.8 Å². The van der Waals surface area contributed by atoms with Gasteiger partial charge in [-0.25, -0.2) is 14.4 Å². The zero-order valence-corrected chi connectivity index (χ0v) is 15.6. The standard InChI is InChI=1S/C22H21FN4O/c1-15-12-17-7-3-5-9-20(17)27(15)21-14-25-19(13-26-21)22(28)24-11-10-16-6-2-4-8-18(16)23/h2-9,13-15H,10-12H2,1H3,(H,24,28). The Labute approximate surface area is 163 Å². The number of amides is 1. The Hall–Kier alpha value is -3.28. The Kier molecular flexibility index (Phi) is 5.02. The fourth-order valence-electron chi connectivity index (χ4n) is 3.58. The molecule has 6 heteroatoms. The topological polar surface area (TPSA) is 58.1 Å². The number of rotatable bonds is 5. The van der Waals surface area contributed by atoms with Crippen molar-refractivity contribution in [2.24, 2.45) is 0 Å². The number of anilines is 2. The highest BCUT2D eigenvalue weighted by atomic mass is 19.1. The number of benzene rings is 2. The number of hydrogen-bond acceptors (Lipinski definition) is 4. The summed E-state index contributed by atoms with van der Waals surface area (Å²) in [6.45, 7) is 2.48. The summed E-state index contributed by atoms with van der Waals surface area (Å²) in [5, 5.41) is 2.77. The minimum atomic E-state index is -0.315. The van der Waals surface area contributed by atoms with E-state index in [9.17, 15) is 9.18 Å². The van der Waals surface area contributed by atoms with Crippen LogP contribution in [0.5, 0.6) is 0 Å². The lowest BCUT2D eigenvalue weighted by Gasteiger charge is -2.23. The molecule has 5 nitrogen and oxygen atoms in total. The second kappa shape index (κ2) is 7.76. The zero-order valence-electron chi connectivity index (χ0n) is 15.6. The zero-order chi connectivity index (χ0) is 19.5. The van der Waals surface area contributed by atoms with Gasteiger partial charge in [0.15, 0.2) is 5.82 Å². The third kappa shape index (κ3) is 3.58. The summed E-state index contributed by atoms with van der Waals surface area (Å²) in [5.74, 6) is 0.145. The van der Waals surface area contributed by atoms with Gasteiger partial charge in [0.2, 0.25) is 0 Å². The maximum absolute atomic E-state index is 13.6. The largest absolute Gasteiger partial charge is 0.350 e. The van der Waals surface area contributed by atoms with Gasteiger partial charge in [0, 0.05) is 18.3 Å². The monoisotopic (exact) mass is 376 g/mol. The van der Waals surface area contributed by atoms with Gasteiger partial charge in [-0.2, -0.15) is 0 Å². The average molecular weight is 376 g/mol. The second-order valence-electron chi connectivity index (χ2n) is 6.91.